The molecular weight excluding hydrogens is 400 g/mol. The zero-order valence-electron chi connectivity index (χ0n) is 14.1. The molecule has 0 saturated carbocycles. The van der Waals surface area contributed by atoms with E-state index in [0.717, 1.165) is 10.5 Å². The van der Waals surface area contributed by atoms with E-state index in [1.54, 1.807) is 49.6 Å². The number of amides is 4. The number of anilines is 1. The highest BCUT2D eigenvalue weighted by molar-refractivity contribution is 9.10. The van der Waals surface area contributed by atoms with E-state index in [2.05, 4.69) is 21.2 Å². The van der Waals surface area contributed by atoms with Crippen LogP contribution in [0.25, 0.3) is 6.08 Å². The van der Waals surface area contributed by atoms with E-state index >= 15 is 0 Å². The topological polar surface area (TPSA) is 75.7 Å². The van der Waals surface area contributed by atoms with Crippen LogP contribution in [0.1, 0.15) is 11.1 Å². The lowest BCUT2D eigenvalue weighted by Gasteiger charge is -2.26. The molecule has 7 heteroatoms. The van der Waals surface area contributed by atoms with Crippen LogP contribution in [0.4, 0.5) is 10.5 Å². The maximum atomic E-state index is 12.8. The highest BCUT2D eigenvalue weighted by atomic mass is 79.9. The Bertz CT molecular complexity index is 935. The number of halogens is 1. The molecule has 0 aromatic heterocycles. The Kier molecular flexibility index (Phi) is 4.90. The average molecular weight is 415 g/mol. The second-order valence-electron chi connectivity index (χ2n) is 5.69. The summed E-state index contributed by atoms with van der Waals surface area (Å²) >= 11 is 3.36. The first-order valence-electron chi connectivity index (χ1n) is 7.72. The lowest BCUT2D eigenvalue weighted by atomic mass is 10.1. The number of carbonyl (C=O) groups is 3. The number of methoxy groups -OCH3 is 1. The van der Waals surface area contributed by atoms with Gasteiger partial charge in [-0.3, -0.25) is 14.9 Å². The molecule has 1 N–H and O–H groups in total. The van der Waals surface area contributed by atoms with Crippen molar-refractivity contribution in [2.45, 2.75) is 6.92 Å². The minimum Gasteiger partial charge on any atom is -0.496 e. The van der Waals surface area contributed by atoms with Gasteiger partial charge < -0.3 is 4.74 Å². The fourth-order valence-corrected chi connectivity index (χ4v) is 3.08. The zero-order valence-corrected chi connectivity index (χ0v) is 15.7. The van der Waals surface area contributed by atoms with Crippen LogP contribution >= 0.6 is 15.9 Å². The quantitative estimate of drug-likeness (QED) is 0.616. The number of nitrogens with one attached hydrogen (secondary N) is 1. The molecule has 132 valence electrons. The highest BCUT2D eigenvalue weighted by Crippen LogP contribution is 2.27. The van der Waals surface area contributed by atoms with Gasteiger partial charge in [-0.1, -0.05) is 23.8 Å². The number of barbiturate groups is 1. The predicted molar refractivity (Wildman–Crippen MR) is 101 cm³/mol. The fraction of sp³-hybridized carbons (Fsp3) is 0.105. The number of aryl methyl sites for hydroxylation is 1. The van der Waals surface area contributed by atoms with Gasteiger partial charge in [0.2, 0.25) is 0 Å². The Morgan fingerprint density at radius 1 is 1.08 bits per heavy atom. The molecule has 3 rings (SSSR count). The molecule has 1 heterocycles. The number of nitrogens with zero attached hydrogens (tertiary/aromatic N) is 1. The van der Waals surface area contributed by atoms with E-state index in [0.29, 0.717) is 21.5 Å². The molecule has 0 radical (unpaired) electrons. The van der Waals surface area contributed by atoms with Crippen LogP contribution in [0.3, 0.4) is 0 Å². The third kappa shape index (κ3) is 3.39. The molecule has 26 heavy (non-hydrogen) atoms. The molecule has 1 saturated heterocycles. The zero-order chi connectivity index (χ0) is 18.8. The second kappa shape index (κ2) is 7.13. The summed E-state index contributed by atoms with van der Waals surface area (Å²) in [5.74, 6) is -0.770. The predicted octanol–water partition coefficient (Wildman–Crippen LogP) is 3.43. The number of carbonyl (C=O) groups excluding carboxylic acids is 3. The van der Waals surface area contributed by atoms with Crippen LogP contribution in [0.15, 0.2) is 52.5 Å². The summed E-state index contributed by atoms with van der Waals surface area (Å²) in [4.78, 5) is 38.1. The first-order valence-corrected chi connectivity index (χ1v) is 8.51. The van der Waals surface area contributed by atoms with Gasteiger partial charge in [-0.05, 0) is 58.8 Å². The van der Waals surface area contributed by atoms with Crippen molar-refractivity contribution in [3.63, 3.8) is 0 Å². The van der Waals surface area contributed by atoms with Gasteiger partial charge in [0, 0.05) is 0 Å². The summed E-state index contributed by atoms with van der Waals surface area (Å²) in [6.45, 7) is 1.90. The van der Waals surface area contributed by atoms with Crippen molar-refractivity contribution < 1.29 is 19.1 Å². The van der Waals surface area contributed by atoms with Gasteiger partial charge in [-0.25, -0.2) is 9.69 Å². The Morgan fingerprint density at radius 3 is 2.38 bits per heavy atom. The SMILES string of the molecule is COc1ccc(C=C2C(=O)NC(=O)N(c3ccc(C)cc3)C2=O)cc1Br. The van der Waals surface area contributed by atoms with Gasteiger partial charge in [0.1, 0.15) is 11.3 Å². The maximum Gasteiger partial charge on any atom is 0.335 e. The molecule has 1 fully saturated rings. The van der Waals surface area contributed by atoms with E-state index in [1.807, 2.05) is 6.92 Å². The molecule has 0 unspecified atom stereocenters. The van der Waals surface area contributed by atoms with Crippen LogP contribution in [0, 0.1) is 6.92 Å². The van der Waals surface area contributed by atoms with Gasteiger partial charge in [-0.2, -0.15) is 0 Å². The van der Waals surface area contributed by atoms with Gasteiger partial charge in [0.25, 0.3) is 11.8 Å². The van der Waals surface area contributed by atoms with Crippen molar-refractivity contribution in [2.75, 3.05) is 12.0 Å². The van der Waals surface area contributed by atoms with Crippen molar-refractivity contribution in [2.24, 2.45) is 0 Å². The summed E-state index contributed by atoms with van der Waals surface area (Å²) in [5.41, 5.74) is 1.89. The number of benzene rings is 2. The Labute approximate surface area is 158 Å². The summed E-state index contributed by atoms with van der Waals surface area (Å²) in [6, 6.07) is 11.3. The van der Waals surface area contributed by atoms with Crippen LogP contribution < -0.4 is 15.0 Å². The van der Waals surface area contributed by atoms with Crippen molar-refractivity contribution >= 4 is 45.5 Å². The number of hydrogen-bond acceptors (Lipinski definition) is 4. The van der Waals surface area contributed by atoms with Crippen LogP contribution in [0.5, 0.6) is 5.75 Å². The standard InChI is InChI=1S/C19H15BrN2O4/c1-11-3-6-13(7-4-11)22-18(24)14(17(23)21-19(22)25)9-12-5-8-16(26-2)15(20)10-12/h3-10H,1-2H3,(H,21,23,25). The minimum absolute atomic E-state index is 0.123. The molecule has 0 bridgehead atoms. The van der Waals surface area contributed by atoms with Crippen LogP contribution in [0.2, 0.25) is 0 Å². The molecule has 0 spiro atoms. The molecule has 2 aromatic rings. The molecule has 0 atom stereocenters. The lowest BCUT2D eigenvalue weighted by molar-refractivity contribution is -0.122. The third-order valence-corrected chi connectivity index (χ3v) is 4.50. The van der Waals surface area contributed by atoms with E-state index in [4.69, 9.17) is 4.74 Å². The van der Waals surface area contributed by atoms with Gasteiger partial charge >= 0.3 is 6.03 Å². The number of ether oxygens (including phenoxy) is 1. The Hall–Kier alpha value is -2.93. The number of hydrogen-bond donors (Lipinski definition) is 1. The van der Waals surface area contributed by atoms with Gasteiger partial charge in [0.15, 0.2) is 0 Å². The first kappa shape index (κ1) is 17.9. The Morgan fingerprint density at radius 2 is 1.77 bits per heavy atom. The number of urea groups is 1. The molecule has 1 aliphatic rings. The molecule has 4 amide bonds. The van der Waals surface area contributed by atoms with E-state index in [-0.39, 0.29) is 5.57 Å². The minimum atomic E-state index is -0.767. The highest BCUT2D eigenvalue weighted by Gasteiger charge is 2.36. The largest absolute Gasteiger partial charge is 0.496 e. The van der Waals surface area contributed by atoms with E-state index < -0.39 is 17.8 Å². The molecule has 0 aliphatic carbocycles. The first-order chi connectivity index (χ1) is 12.4. The summed E-state index contributed by atoms with van der Waals surface area (Å²) in [5, 5.41) is 2.20. The summed E-state index contributed by atoms with van der Waals surface area (Å²) in [6.07, 6.45) is 1.44. The molecular formula is C19H15BrN2O4. The van der Waals surface area contributed by atoms with E-state index in [1.165, 1.54) is 6.08 Å². The van der Waals surface area contributed by atoms with Crippen LogP contribution in [-0.2, 0) is 9.59 Å². The molecule has 2 aromatic carbocycles. The smallest absolute Gasteiger partial charge is 0.335 e. The van der Waals surface area contributed by atoms with Gasteiger partial charge in [0.05, 0.1) is 17.3 Å². The third-order valence-electron chi connectivity index (χ3n) is 3.88. The maximum absolute atomic E-state index is 12.8. The van der Waals surface area contributed by atoms with Crippen LogP contribution in [-0.4, -0.2) is 25.0 Å². The summed E-state index contributed by atoms with van der Waals surface area (Å²) in [7, 11) is 1.54. The number of imide groups is 2. The summed E-state index contributed by atoms with van der Waals surface area (Å²) < 4.78 is 5.85. The van der Waals surface area contributed by atoms with Crippen molar-refractivity contribution in [1.82, 2.24) is 5.32 Å². The average Bonchev–Trinajstić information content (AvgIpc) is 2.60. The van der Waals surface area contributed by atoms with Crippen molar-refractivity contribution in [3.05, 3.63) is 63.6 Å². The van der Waals surface area contributed by atoms with Crippen molar-refractivity contribution in [3.8, 4) is 5.75 Å². The Balaban J connectivity index is 1.99. The fourth-order valence-electron chi connectivity index (χ4n) is 2.52. The monoisotopic (exact) mass is 414 g/mol. The normalized spacial score (nSPS) is 16.0. The van der Waals surface area contributed by atoms with Gasteiger partial charge in [-0.15, -0.1) is 0 Å². The molecule has 6 nitrogen and oxygen atoms in total. The number of rotatable bonds is 3. The van der Waals surface area contributed by atoms with E-state index in [9.17, 15) is 14.4 Å². The molecule has 1 aliphatic heterocycles. The van der Waals surface area contributed by atoms with Crippen molar-refractivity contribution in [1.29, 1.82) is 0 Å². The second-order valence-corrected chi connectivity index (χ2v) is 6.54. The lowest BCUT2D eigenvalue weighted by Crippen LogP contribution is -2.54.